The zero-order valence-electron chi connectivity index (χ0n) is 23.8. The van der Waals surface area contributed by atoms with E-state index >= 15 is 0 Å². The van der Waals surface area contributed by atoms with Crippen LogP contribution in [-0.2, 0) is 7.05 Å². The van der Waals surface area contributed by atoms with Crippen LogP contribution >= 0.6 is 0 Å². The molecule has 6 nitrogen and oxygen atoms in total. The highest BCUT2D eigenvalue weighted by atomic mass is 15.1. The largest absolute Gasteiger partial charge is 0.313 e. The average molecular weight is 484 g/mol. The van der Waals surface area contributed by atoms with E-state index < -0.39 is 0 Å². The molecule has 188 valence electrons. The van der Waals surface area contributed by atoms with E-state index in [-0.39, 0.29) is 0 Å². The van der Waals surface area contributed by atoms with Crippen LogP contribution < -0.4 is 0 Å². The lowest BCUT2D eigenvalue weighted by Gasteiger charge is -2.13. The van der Waals surface area contributed by atoms with E-state index in [1.165, 1.54) is 55.6 Å². The minimum atomic E-state index is 0.871. The lowest BCUT2D eigenvalue weighted by molar-refractivity contribution is -0.367. The van der Waals surface area contributed by atoms with Crippen LogP contribution in [0.4, 0.5) is 11.6 Å². The number of aliphatic imine (C=N–C) groups is 4. The Hall–Kier alpha value is -3.67. The number of rotatable bonds is 2. The van der Waals surface area contributed by atoms with E-state index in [2.05, 4.69) is 95.5 Å². The van der Waals surface area contributed by atoms with Gasteiger partial charge in [0.1, 0.15) is 11.6 Å². The fraction of sp³-hybridized carbons (Fsp3) is 0.367. The Morgan fingerprint density at radius 3 is 1.33 bits per heavy atom. The van der Waals surface area contributed by atoms with Crippen molar-refractivity contribution < 1.29 is 4.58 Å². The highest BCUT2D eigenvalue weighted by Crippen LogP contribution is 2.42. The molecule has 6 heteroatoms. The number of nitrogens with zero attached hydrogens (tertiary/aromatic N) is 6. The van der Waals surface area contributed by atoms with E-state index in [1.54, 1.807) is 0 Å². The van der Waals surface area contributed by atoms with Crippen molar-refractivity contribution in [3.63, 3.8) is 0 Å². The predicted molar refractivity (Wildman–Crippen MR) is 158 cm³/mol. The van der Waals surface area contributed by atoms with Crippen molar-refractivity contribution in [2.45, 2.75) is 55.4 Å². The number of hydrogen-bond acceptors (Lipinski definition) is 4. The number of aryl methyl sites for hydroxylation is 2. The lowest BCUT2D eigenvalue weighted by atomic mass is 9.89. The Bertz CT molecular complexity index is 1470. The van der Waals surface area contributed by atoms with E-state index in [1.807, 2.05) is 30.3 Å². The molecule has 0 amide bonds. The molecule has 0 saturated heterocycles. The normalized spacial score (nSPS) is 13.7. The van der Waals surface area contributed by atoms with Gasteiger partial charge in [0.15, 0.2) is 0 Å². The summed E-state index contributed by atoms with van der Waals surface area (Å²) in [5.41, 5.74) is 12.8. The Morgan fingerprint density at radius 2 is 0.972 bits per heavy atom. The Morgan fingerprint density at radius 1 is 0.583 bits per heavy atom. The standard InChI is InChI=1S/C15H20N3.C15H19N3/c2*1-8-9(2)11(4)13-12(10(8)3)14(16-5)18(7)15(13)17-6/h5H2,1-4,6-7H3;5-6H2,1-4,7H3/q+1;. The highest BCUT2D eigenvalue weighted by molar-refractivity contribution is 6.17. The van der Waals surface area contributed by atoms with Gasteiger partial charge in [-0.1, -0.05) is 0 Å². The molecule has 0 atom stereocenters. The number of amidine groups is 2. The first-order valence-electron chi connectivity index (χ1n) is 12.1. The quantitative estimate of drug-likeness (QED) is 0.296. The summed E-state index contributed by atoms with van der Waals surface area (Å²) in [6, 6.07) is 0. The van der Waals surface area contributed by atoms with Crippen molar-refractivity contribution >= 4 is 54.2 Å². The van der Waals surface area contributed by atoms with Gasteiger partial charge in [0.05, 0.1) is 31.9 Å². The Kier molecular flexibility index (Phi) is 7.30. The maximum absolute atomic E-state index is 4.41. The van der Waals surface area contributed by atoms with Gasteiger partial charge in [0.2, 0.25) is 0 Å². The van der Waals surface area contributed by atoms with Crippen LogP contribution in [-0.4, -0.2) is 55.1 Å². The molecule has 0 bridgehead atoms. The molecule has 0 saturated carbocycles. The summed E-state index contributed by atoms with van der Waals surface area (Å²) in [7, 11) is 5.78. The summed E-state index contributed by atoms with van der Waals surface area (Å²) in [6.07, 6.45) is 0. The first kappa shape index (κ1) is 26.9. The van der Waals surface area contributed by atoms with Crippen LogP contribution in [0.15, 0.2) is 20.0 Å². The third-order valence-corrected chi connectivity index (χ3v) is 8.20. The summed E-state index contributed by atoms with van der Waals surface area (Å²) in [5.74, 6) is 3.64. The van der Waals surface area contributed by atoms with Crippen molar-refractivity contribution in [2.24, 2.45) is 27.0 Å². The van der Waals surface area contributed by atoms with E-state index in [0.29, 0.717) is 0 Å². The van der Waals surface area contributed by atoms with Gasteiger partial charge in [-0.3, -0.25) is 0 Å². The zero-order chi connectivity index (χ0) is 27.2. The summed E-state index contributed by atoms with van der Waals surface area (Å²) < 4.78 is 3.99. The zero-order valence-corrected chi connectivity index (χ0v) is 23.8. The van der Waals surface area contributed by atoms with Crippen LogP contribution in [0, 0.1) is 55.4 Å². The molecule has 4 rings (SSSR count). The average Bonchev–Trinajstić information content (AvgIpc) is 3.33. The third-order valence-electron chi connectivity index (χ3n) is 8.20. The number of hydrogen-bond donors (Lipinski definition) is 0. The molecular weight excluding hydrogens is 444 g/mol. The van der Waals surface area contributed by atoms with Gasteiger partial charge in [0, 0.05) is 17.8 Å². The summed E-state index contributed by atoms with van der Waals surface area (Å²) in [5, 5.41) is 2.30. The van der Waals surface area contributed by atoms with E-state index in [9.17, 15) is 0 Å². The second kappa shape index (κ2) is 9.76. The second-order valence-electron chi connectivity index (χ2n) is 9.61. The molecule has 0 spiro atoms. The predicted octanol–water partition coefficient (Wildman–Crippen LogP) is 6.48. The van der Waals surface area contributed by atoms with Crippen LogP contribution in [0.2, 0.25) is 0 Å². The molecular formula is C30H39N6+. The molecule has 3 aromatic rings. The molecule has 1 aromatic heterocycles. The lowest BCUT2D eigenvalue weighted by Crippen LogP contribution is -2.16. The minimum Gasteiger partial charge on any atom is -0.313 e. The van der Waals surface area contributed by atoms with Gasteiger partial charge in [-0.25, -0.2) is 14.6 Å². The van der Waals surface area contributed by atoms with Gasteiger partial charge in [-0.2, -0.15) is 0 Å². The number of benzene rings is 2. The fourth-order valence-electron chi connectivity index (χ4n) is 5.43. The van der Waals surface area contributed by atoms with Crippen LogP contribution in [0.3, 0.4) is 0 Å². The molecule has 0 aliphatic carbocycles. The van der Waals surface area contributed by atoms with Crippen LogP contribution in [0.5, 0.6) is 0 Å². The number of fused-ring (bicyclic) bond motifs is 2. The monoisotopic (exact) mass is 483 g/mol. The number of aromatic nitrogens is 1. The molecule has 2 heterocycles. The first-order chi connectivity index (χ1) is 16.9. The van der Waals surface area contributed by atoms with Crippen molar-refractivity contribution in [1.29, 1.82) is 0 Å². The topological polar surface area (TPSA) is 57.4 Å². The van der Waals surface area contributed by atoms with Crippen molar-refractivity contribution in [2.75, 3.05) is 14.1 Å². The van der Waals surface area contributed by atoms with E-state index in [4.69, 9.17) is 0 Å². The molecule has 0 N–H and O–H groups in total. The first-order valence-corrected chi connectivity index (χ1v) is 12.1. The van der Waals surface area contributed by atoms with Crippen molar-refractivity contribution in [3.05, 3.63) is 55.6 Å². The second-order valence-corrected chi connectivity index (χ2v) is 9.61. The van der Waals surface area contributed by atoms with Gasteiger partial charge in [-0.05, 0) is 113 Å². The minimum absolute atomic E-state index is 0.871. The van der Waals surface area contributed by atoms with Crippen LogP contribution in [0.1, 0.15) is 55.6 Å². The maximum Gasteiger partial charge on any atom is 0.270 e. The smallest absolute Gasteiger partial charge is 0.270 e. The molecule has 0 unspecified atom stereocenters. The Labute approximate surface area is 215 Å². The van der Waals surface area contributed by atoms with Gasteiger partial charge >= 0.3 is 0 Å². The fourth-order valence-corrected chi connectivity index (χ4v) is 5.43. The van der Waals surface area contributed by atoms with E-state index in [0.717, 1.165) is 34.1 Å². The molecule has 0 fully saturated rings. The van der Waals surface area contributed by atoms with Crippen molar-refractivity contribution in [3.8, 4) is 0 Å². The molecule has 36 heavy (non-hydrogen) atoms. The highest BCUT2D eigenvalue weighted by Gasteiger charge is 2.35. The maximum atomic E-state index is 4.41. The van der Waals surface area contributed by atoms with Crippen molar-refractivity contribution in [1.82, 2.24) is 4.57 Å². The molecule has 2 aromatic carbocycles. The third kappa shape index (κ3) is 3.67. The van der Waals surface area contributed by atoms with Gasteiger partial charge in [0.25, 0.3) is 11.7 Å². The SMILES string of the molecule is C=NC1=[N+](C)C(=NC)c2c(C)c(C)c(C)c(C)c21.C=Nc1c2c(C)c(C)c(C)c(C)c2c(N=C)n1C. The molecule has 0 radical (unpaired) electrons. The summed E-state index contributed by atoms with van der Waals surface area (Å²) in [4.78, 5) is 16.9. The van der Waals surface area contributed by atoms with Gasteiger partial charge in [-0.15, -0.1) is 9.98 Å². The summed E-state index contributed by atoms with van der Waals surface area (Å²) in [6.45, 7) is 28.3. The van der Waals surface area contributed by atoms with Gasteiger partial charge < -0.3 is 4.57 Å². The summed E-state index contributed by atoms with van der Waals surface area (Å²) >= 11 is 0. The molecule has 1 aliphatic rings. The van der Waals surface area contributed by atoms with Crippen LogP contribution in [0.25, 0.3) is 10.8 Å². The Balaban J connectivity index is 0.000000201. The molecule has 1 aliphatic heterocycles.